The molecule has 9 rings (SSSR count). The van der Waals surface area contributed by atoms with Gasteiger partial charge in [0.25, 0.3) is 0 Å². The molecule has 4 aliphatic rings. The van der Waals surface area contributed by atoms with E-state index >= 15 is 0 Å². The number of fused-ring (bicyclic) bond motifs is 4. The van der Waals surface area contributed by atoms with Gasteiger partial charge in [0.2, 0.25) is 29.5 Å². The molecule has 2 aliphatic carbocycles. The van der Waals surface area contributed by atoms with Crippen LogP contribution in [0.4, 0.5) is 4.79 Å². The molecule has 6 N–H and O–H groups in total. The van der Waals surface area contributed by atoms with Gasteiger partial charge in [-0.15, -0.1) is 11.3 Å². The molecule has 6 amide bonds. The average Bonchev–Trinajstić information content (AvgIpc) is 3.76. The lowest BCUT2D eigenvalue weighted by atomic mass is 9.85. The van der Waals surface area contributed by atoms with E-state index in [0.29, 0.717) is 13.0 Å². The Balaban J connectivity index is 0.716. The Bertz CT molecular complexity index is 2930. The number of primary amides is 1. The van der Waals surface area contributed by atoms with Crippen molar-refractivity contribution in [3.63, 3.8) is 0 Å². The number of nitrogens with zero attached hydrogens (tertiary/aromatic N) is 3. The maximum absolute atomic E-state index is 14.1. The van der Waals surface area contributed by atoms with Gasteiger partial charge in [-0.05, 0) is 108 Å². The van der Waals surface area contributed by atoms with Crippen molar-refractivity contribution < 1.29 is 43.3 Å². The van der Waals surface area contributed by atoms with E-state index in [2.05, 4.69) is 45.2 Å². The number of ether oxygens (including phenoxy) is 2. The Labute approximate surface area is 460 Å². The van der Waals surface area contributed by atoms with Crippen LogP contribution in [0.25, 0.3) is 21.6 Å². The van der Waals surface area contributed by atoms with Crippen LogP contribution >= 0.6 is 11.3 Å². The lowest BCUT2D eigenvalue weighted by Crippen LogP contribution is -2.57. The highest BCUT2D eigenvalue weighted by atomic mass is 32.1. The fourth-order valence-electron chi connectivity index (χ4n) is 11.4. The molecule has 0 spiro atoms. The summed E-state index contributed by atoms with van der Waals surface area (Å²) >= 11 is 1.57. The number of aryl methyl sites for hydroxylation is 2. The van der Waals surface area contributed by atoms with E-state index in [9.17, 15) is 33.9 Å². The molecular weight excluding hydrogens is 1010 g/mol. The average molecular weight is 1080 g/mol. The Morgan fingerprint density at radius 1 is 0.808 bits per heavy atom. The molecule has 2 aliphatic heterocycles. The lowest BCUT2D eigenvalue weighted by molar-refractivity contribution is -0.144. The maximum Gasteiger partial charge on any atom is 0.410 e. The summed E-state index contributed by atoms with van der Waals surface area (Å²) in [5.41, 5.74) is 16.1. The number of rotatable bonds is 22. The largest absolute Gasteiger partial charge is 0.448 e. The SMILES string of the molecule is Cc1ncsc1-c1ccc(CNC(=O)[C@@H]2C[C@@H](O)CN2C(=O)[C@@H](NC(=O)CCCCc2ccc(CO[C@H](C)[C@H](CCC(N)=O)NC(=O)[C@@H]3[C@@H]4C[C@@H]4CN3C(=O)OCC3c4ccccc4-c4ccccc43)cc2)C(C)(C)C)cc1. The van der Waals surface area contributed by atoms with Crippen molar-refractivity contribution in [1.82, 2.24) is 30.7 Å². The summed E-state index contributed by atoms with van der Waals surface area (Å²) in [6, 6.07) is 29.2. The Morgan fingerprint density at radius 2 is 1.47 bits per heavy atom. The first-order chi connectivity index (χ1) is 37.4. The highest BCUT2D eigenvalue weighted by molar-refractivity contribution is 7.13. The summed E-state index contributed by atoms with van der Waals surface area (Å²) in [5.74, 6) is -1.63. The molecule has 412 valence electrons. The number of hydrogen-bond donors (Lipinski definition) is 5. The minimum absolute atomic E-state index is 0.00296. The van der Waals surface area contributed by atoms with E-state index in [1.807, 2.05) is 113 Å². The van der Waals surface area contributed by atoms with E-state index in [-0.39, 0.29) is 87.5 Å². The van der Waals surface area contributed by atoms with Gasteiger partial charge in [-0.2, -0.15) is 0 Å². The number of carbonyl (C=O) groups is 6. The number of amides is 6. The number of aliphatic hydroxyl groups is 1. The Morgan fingerprint density at radius 3 is 2.13 bits per heavy atom. The van der Waals surface area contributed by atoms with Gasteiger partial charge in [-0.3, -0.25) is 28.9 Å². The molecule has 0 radical (unpaired) electrons. The molecular formula is C61H73N7O9S. The number of aromatic nitrogens is 1. The van der Waals surface area contributed by atoms with Crippen LogP contribution in [0.2, 0.25) is 0 Å². The fraction of sp³-hybridized carbons (Fsp3) is 0.459. The third-order valence-electron chi connectivity index (χ3n) is 16.0. The van der Waals surface area contributed by atoms with E-state index in [1.54, 1.807) is 16.2 Å². The molecule has 78 heavy (non-hydrogen) atoms. The predicted octanol–water partition coefficient (Wildman–Crippen LogP) is 7.57. The quantitative estimate of drug-likeness (QED) is 0.0428. The molecule has 16 nitrogen and oxygen atoms in total. The molecule has 2 saturated heterocycles. The monoisotopic (exact) mass is 1080 g/mol. The molecule has 0 unspecified atom stereocenters. The number of β-amino-alcohol motifs (C(OH)–C–C–N with tert-alkyl or cyclic N) is 1. The molecule has 1 saturated carbocycles. The third kappa shape index (κ3) is 13.1. The molecule has 0 bridgehead atoms. The molecule has 5 aromatic rings. The van der Waals surface area contributed by atoms with Crippen LogP contribution in [0.1, 0.15) is 112 Å². The summed E-state index contributed by atoms with van der Waals surface area (Å²) in [7, 11) is 0. The number of piperidine rings is 1. The molecule has 8 atom stereocenters. The zero-order valence-electron chi connectivity index (χ0n) is 45.2. The van der Waals surface area contributed by atoms with E-state index in [4.69, 9.17) is 15.2 Å². The summed E-state index contributed by atoms with van der Waals surface area (Å²) in [4.78, 5) is 89.3. The van der Waals surface area contributed by atoms with Crippen molar-refractivity contribution in [3.8, 4) is 21.6 Å². The van der Waals surface area contributed by atoms with Gasteiger partial charge in [-0.25, -0.2) is 9.78 Å². The van der Waals surface area contributed by atoms with Crippen LogP contribution in [-0.2, 0) is 53.0 Å². The first kappa shape index (κ1) is 55.8. The number of aliphatic hydroxyl groups excluding tert-OH is 1. The number of likely N-dealkylation sites (tertiary alicyclic amines) is 2. The summed E-state index contributed by atoms with van der Waals surface area (Å²) in [6.45, 7) is 10.6. The van der Waals surface area contributed by atoms with Gasteiger partial charge >= 0.3 is 6.09 Å². The van der Waals surface area contributed by atoms with Gasteiger partial charge in [0, 0.05) is 44.8 Å². The number of nitrogens with two attached hydrogens (primary N) is 1. The minimum Gasteiger partial charge on any atom is -0.448 e. The van der Waals surface area contributed by atoms with Crippen LogP contribution in [0.3, 0.4) is 0 Å². The molecule has 17 heteroatoms. The van der Waals surface area contributed by atoms with Crippen LogP contribution in [0.15, 0.2) is 103 Å². The van der Waals surface area contributed by atoms with Crippen LogP contribution < -0.4 is 21.7 Å². The van der Waals surface area contributed by atoms with Gasteiger partial charge in [0.15, 0.2) is 0 Å². The van der Waals surface area contributed by atoms with Crippen molar-refractivity contribution in [2.24, 2.45) is 23.0 Å². The van der Waals surface area contributed by atoms with Gasteiger partial charge in [0.05, 0.1) is 40.9 Å². The first-order valence-electron chi connectivity index (χ1n) is 27.4. The smallest absolute Gasteiger partial charge is 0.410 e. The lowest BCUT2D eigenvalue weighted by Gasteiger charge is -2.35. The zero-order valence-corrected chi connectivity index (χ0v) is 46.1. The predicted molar refractivity (Wildman–Crippen MR) is 297 cm³/mol. The highest BCUT2D eigenvalue weighted by Crippen LogP contribution is 2.50. The number of hydrogen-bond acceptors (Lipinski definition) is 11. The van der Waals surface area contributed by atoms with Crippen LogP contribution in [0, 0.1) is 24.2 Å². The van der Waals surface area contributed by atoms with Crippen LogP contribution in [-0.4, -0.2) is 112 Å². The van der Waals surface area contributed by atoms with Crippen molar-refractivity contribution in [1.29, 1.82) is 0 Å². The molecule has 3 heterocycles. The highest BCUT2D eigenvalue weighted by Gasteiger charge is 2.58. The van der Waals surface area contributed by atoms with E-state index in [0.717, 1.165) is 74.3 Å². The number of carbonyl (C=O) groups excluding carboxylic acids is 6. The number of unbranched alkanes of at least 4 members (excludes halogenated alkanes) is 1. The second-order valence-corrected chi connectivity index (χ2v) is 23.5. The third-order valence-corrected chi connectivity index (χ3v) is 16.9. The molecule has 3 fully saturated rings. The number of nitrogens with one attached hydrogen (secondary N) is 3. The van der Waals surface area contributed by atoms with E-state index in [1.165, 1.54) is 4.90 Å². The van der Waals surface area contributed by atoms with Crippen molar-refractivity contribution >= 4 is 47.0 Å². The number of benzene rings is 4. The van der Waals surface area contributed by atoms with Gasteiger partial charge in [-0.1, -0.05) is 118 Å². The standard InChI is InChI=1S/C61H73N7O9S/c1-36-55(78-35-64-36)41-24-22-39(23-25-41)30-63-57(72)51-29-43(69)32-67(51)59(74)56(61(3,4)5)66-53(71)17-11-6-12-38-18-20-40(21-19-38)33-76-37(2)50(26-27-52(62)70)65-58(73)54-48-28-42(48)31-68(54)60(75)77-34-49-46-15-9-7-13-44(46)45-14-8-10-16-47(45)49/h7-10,13-16,18-25,35,37,42-43,48-51,54,56,69H,6,11-12,17,26-34H2,1-5H3,(H2,62,70)(H,63,72)(H,65,73)(H,66,71)/t37-,42-,43-,48-,50+,51+,54+,56-/m1/s1. The summed E-state index contributed by atoms with van der Waals surface area (Å²) < 4.78 is 12.3. The Hall–Kier alpha value is -6.95. The summed E-state index contributed by atoms with van der Waals surface area (Å²) in [6.07, 6.45) is 1.66. The topological polar surface area (TPSA) is 223 Å². The van der Waals surface area contributed by atoms with Crippen LogP contribution in [0.5, 0.6) is 0 Å². The second-order valence-electron chi connectivity index (χ2n) is 22.7. The summed E-state index contributed by atoms with van der Waals surface area (Å²) in [5, 5.41) is 19.7. The minimum atomic E-state index is -0.912. The van der Waals surface area contributed by atoms with Crippen molar-refractivity contribution in [2.45, 2.75) is 141 Å². The number of thiazole rings is 1. The Kier molecular flexibility index (Phi) is 17.4. The van der Waals surface area contributed by atoms with Gasteiger partial charge < -0.3 is 41.2 Å². The van der Waals surface area contributed by atoms with Gasteiger partial charge in [0.1, 0.15) is 24.7 Å². The molecule has 4 aromatic carbocycles. The second kappa shape index (κ2) is 24.4. The normalized spacial score (nSPS) is 20.5. The van der Waals surface area contributed by atoms with E-state index < -0.39 is 59.7 Å². The first-order valence-corrected chi connectivity index (χ1v) is 28.3. The zero-order chi connectivity index (χ0) is 55.3. The fourth-order valence-corrected chi connectivity index (χ4v) is 12.2. The van der Waals surface area contributed by atoms with Crippen molar-refractivity contribution in [3.05, 3.63) is 136 Å². The maximum atomic E-state index is 14.1. The van der Waals surface area contributed by atoms with Crippen molar-refractivity contribution in [2.75, 3.05) is 19.7 Å². The molecule has 1 aromatic heterocycles.